The maximum Gasteiger partial charge on any atom is 0.0667 e. The van der Waals surface area contributed by atoms with E-state index in [1.54, 1.807) is 0 Å². The SMILES string of the molecule is CCCCCCC(O)CN1CCCSCC1. The number of β-amino-alcohol motifs (C(OH)–C–C–N with tert-alkyl or cyclic N) is 1. The van der Waals surface area contributed by atoms with Crippen molar-refractivity contribution < 1.29 is 5.11 Å². The summed E-state index contributed by atoms with van der Waals surface area (Å²) in [6.07, 6.45) is 7.24. The van der Waals surface area contributed by atoms with Crippen LogP contribution >= 0.6 is 11.8 Å². The van der Waals surface area contributed by atoms with Crippen molar-refractivity contribution in [3.8, 4) is 0 Å². The lowest BCUT2D eigenvalue weighted by atomic mass is 10.1. The van der Waals surface area contributed by atoms with Gasteiger partial charge in [0.05, 0.1) is 6.10 Å². The normalized spacial score (nSPS) is 20.6. The molecule has 0 aliphatic carbocycles. The van der Waals surface area contributed by atoms with E-state index < -0.39 is 0 Å². The van der Waals surface area contributed by atoms with Gasteiger partial charge in [0.15, 0.2) is 0 Å². The van der Waals surface area contributed by atoms with Crippen molar-refractivity contribution in [1.29, 1.82) is 0 Å². The molecule has 1 saturated heterocycles. The molecule has 1 fully saturated rings. The highest BCUT2D eigenvalue weighted by molar-refractivity contribution is 7.99. The molecule has 1 aliphatic rings. The van der Waals surface area contributed by atoms with Gasteiger partial charge in [0.1, 0.15) is 0 Å². The van der Waals surface area contributed by atoms with Gasteiger partial charge in [-0.05, 0) is 25.1 Å². The van der Waals surface area contributed by atoms with Gasteiger partial charge in [0, 0.05) is 18.8 Å². The van der Waals surface area contributed by atoms with E-state index in [1.807, 2.05) is 11.8 Å². The van der Waals surface area contributed by atoms with Crippen LogP contribution in [0.4, 0.5) is 0 Å². The van der Waals surface area contributed by atoms with Crippen LogP contribution in [0.15, 0.2) is 0 Å². The first-order valence-corrected chi connectivity index (χ1v) is 7.96. The highest BCUT2D eigenvalue weighted by Crippen LogP contribution is 2.12. The molecule has 1 aliphatic heterocycles. The molecule has 96 valence electrons. The van der Waals surface area contributed by atoms with Gasteiger partial charge in [-0.15, -0.1) is 0 Å². The fourth-order valence-corrected chi connectivity index (χ4v) is 3.10. The highest BCUT2D eigenvalue weighted by atomic mass is 32.2. The van der Waals surface area contributed by atoms with E-state index in [1.165, 1.54) is 50.2 Å². The minimum absolute atomic E-state index is 0.0973. The number of hydrogen-bond acceptors (Lipinski definition) is 3. The average molecular weight is 245 g/mol. The molecule has 1 atom stereocenters. The molecule has 0 radical (unpaired) electrons. The van der Waals surface area contributed by atoms with Gasteiger partial charge >= 0.3 is 0 Å². The van der Waals surface area contributed by atoms with Crippen LogP contribution in [-0.4, -0.2) is 47.3 Å². The summed E-state index contributed by atoms with van der Waals surface area (Å²) in [6, 6.07) is 0. The van der Waals surface area contributed by atoms with E-state index in [9.17, 15) is 5.11 Å². The Morgan fingerprint density at radius 2 is 2.06 bits per heavy atom. The lowest BCUT2D eigenvalue weighted by Crippen LogP contribution is -2.34. The summed E-state index contributed by atoms with van der Waals surface area (Å²) in [5, 5.41) is 9.94. The molecule has 0 spiro atoms. The van der Waals surface area contributed by atoms with Gasteiger partial charge in [-0.25, -0.2) is 0 Å². The number of aliphatic hydroxyl groups excluding tert-OH is 1. The van der Waals surface area contributed by atoms with Gasteiger partial charge in [-0.2, -0.15) is 11.8 Å². The maximum absolute atomic E-state index is 9.94. The van der Waals surface area contributed by atoms with Crippen LogP contribution in [0.2, 0.25) is 0 Å². The third-order valence-corrected chi connectivity index (χ3v) is 4.22. The molecule has 1 N–H and O–H groups in total. The Hall–Kier alpha value is 0.270. The lowest BCUT2D eigenvalue weighted by molar-refractivity contribution is 0.107. The molecule has 16 heavy (non-hydrogen) atoms. The molecule has 0 amide bonds. The minimum Gasteiger partial charge on any atom is -0.392 e. The molecular weight excluding hydrogens is 218 g/mol. The van der Waals surface area contributed by atoms with Gasteiger partial charge in [-0.3, -0.25) is 4.90 Å². The summed E-state index contributed by atoms with van der Waals surface area (Å²) < 4.78 is 0. The predicted molar refractivity (Wildman–Crippen MR) is 73.1 cm³/mol. The van der Waals surface area contributed by atoms with Crippen LogP contribution in [0.3, 0.4) is 0 Å². The summed E-state index contributed by atoms with van der Waals surface area (Å²) in [4.78, 5) is 2.44. The zero-order valence-electron chi connectivity index (χ0n) is 10.7. The molecule has 3 heteroatoms. The molecule has 1 unspecified atom stereocenters. The quantitative estimate of drug-likeness (QED) is 0.698. The monoisotopic (exact) mass is 245 g/mol. The molecule has 0 aromatic heterocycles. The summed E-state index contributed by atoms with van der Waals surface area (Å²) in [6.45, 7) is 5.47. The average Bonchev–Trinajstić information content (AvgIpc) is 2.53. The third-order valence-electron chi connectivity index (χ3n) is 3.17. The Morgan fingerprint density at radius 1 is 1.19 bits per heavy atom. The number of aliphatic hydroxyl groups is 1. The summed E-state index contributed by atoms with van der Waals surface area (Å²) >= 11 is 2.05. The van der Waals surface area contributed by atoms with Crippen molar-refractivity contribution >= 4 is 11.8 Å². The topological polar surface area (TPSA) is 23.5 Å². The van der Waals surface area contributed by atoms with E-state index in [0.717, 1.165) is 19.5 Å². The Morgan fingerprint density at radius 3 is 2.88 bits per heavy atom. The Balaban J connectivity index is 2.04. The van der Waals surface area contributed by atoms with Crippen LogP contribution in [0.5, 0.6) is 0 Å². The number of thioether (sulfide) groups is 1. The van der Waals surface area contributed by atoms with E-state index in [4.69, 9.17) is 0 Å². The number of rotatable bonds is 7. The van der Waals surface area contributed by atoms with Crippen LogP contribution in [-0.2, 0) is 0 Å². The van der Waals surface area contributed by atoms with Gasteiger partial charge in [0.2, 0.25) is 0 Å². The summed E-state index contributed by atoms with van der Waals surface area (Å²) in [5.41, 5.74) is 0. The fourth-order valence-electron chi connectivity index (χ4n) is 2.18. The first kappa shape index (κ1) is 14.3. The maximum atomic E-state index is 9.94. The van der Waals surface area contributed by atoms with Crippen molar-refractivity contribution in [3.63, 3.8) is 0 Å². The van der Waals surface area contributed by atoms with Crippen molar-refractivity contribution in [3.05, 3.63) is 0 Å². The minimum atomic E-state index is -0.0973. The molecular formula is C13H27NOS. The van der Waals surface area contributed by atoms with Crippen LogP contribution in [0, 0.1) is 0 Å². The molecule has 2 nitrogen and oxygen atoms in total. The second-order valence-corrected chi connectivity index (χ2v) is 5.99. The first-order chi connectivity index (χ1) is 7.83. The highest BCUT2D eigenvalue weighted by Gasteiger charge is 2.13. The molecule has 1 rings (SSSR count). The number of hydrogen-bond donors (Lipinski definition) is 1. The second kappa shape index (κ2) is 9.32. The van der Waals surface area contributed by atoms with Crippen molar-refractivity contribution in [1.82, 2.24) is 4.90 Å². The van der Waals surface area contributed by atoms with E-state index >= 15 is 0 Å². The Labute approximate surface area is 105 Å². The van der Waals surface area contributed by atoms with Crippen molar-refractivity contribution in [2.45, 2.75) is 51.6 Å². The second-order valence-electron chi connectivity index (χ2n) is 4.77. The predicted octanol–water partition coefficient (Wildman–Crippen LogP) is 2.76. The largest absolute Gasteiger partial charge is 0.392 e. The molecule has 0 aromatic carbocycles. The van der Waals surface area contributed by atoms with Crippen molar-refractivity contribution in [2.75, 3.05) is 31.1 Å². The zero-order chi connectivity index (χ0) is 11.6. The smallest absolute Gasteiger partial charge is 0.0667 e. The van der Waals surface area contributed by atoms with Crippen LogP contribution in [0.1, 0.15) is 45.4 Å². The molecule has 0 bridgehead atoms. The van der Waals surface area contributed by atoms with Crippen LogP contribution in [0.25, 0.3) is 0 Å². The third kappa shape index (κ3) is 6.77. The molecule has 0 saturated carbocycles. The van der Waals surface area contributed by atoms with Gasteiger partial charge in [-0.1, -0.05) is 32.6 Å². The standard InChI is InChI=1S/C13H27NOS/c1-2-3-4-5-7-13(15)12-14-8-6-10-16-11-9-14/h13,15H,2-12H2,1H3. The Kier molecular flexibility index (Phi) is 8.34. The van der Waals surface area contributed by atoms with Gasteiger partial charge in [0.25, 0.3) is 0 Å². The Bertz CT molecular complexity index is 158. The molecule has 1 heterocycles. The number of unbranched alkanes of at least 4 members (excludes halogenated alkanes) is 3. The summed E-state index contributed by atoms with van der Waals surface area (Å²) in [7, 11) is 0. The zero-order valence-corrected chi connectivity index (χ0v) is 11.5. The van der Waals surface area contributed by atoms with E-state index in [0.29, 0.717) is 0 Å². The van der Waals surface area contributed by atoms with Crippen molar-refractivity contribution in [2.24, 2.45) is 0 Å². The van der Waals surface area contributed by atoms with E-state index in [-0.39, 0.29) is 6.10 Å². The first-order valence-electron chi connectivity index (χ1n) is 6.81. The fraction of sp³-hybridized carbons (Fsp3) is 1.00. The lowest BCUT2D eigenvalue weighted by Gasteiger charge is -2.22. The van der Waals surface area contributed by atoms with E-state index in [2.05, 4.69) is 11.8 Å². The van der Waals surface area contributed by atoms with Gasteiger partial charge < -0.3 is 5.11 Å². The van der Waals surface area contributed by atoms with Crippen LogP contribution < -0.4 is 0 Å². The summed E-state index contributed by atoms with van der Waals surface area (Å²) in [5.74, 6) is 2.53. The number of nitrogens with zero attached hydrogens (tertiary/aromatic N) is 1. The molecule has 0 aromatic rings.